The van der Waals surface area contributed by atoms with E-state index in [1.54, 1.807) is 0 Å². The molecule has 0 bridgehead atoms. The smallest absolute Gasteiger partial charge is 0.0541 e. The van der Waals surface area contributed by atoms with Crippen LogP contribution in [-0.4, -0.2) is 17.8 Å². The first-order valence-corrected chi connectivity index (χ1v) is 6.11. The van der Waals surface area contributed by atoms with Crippen LogP contribution in [-0.2, 0) is 5.41 Å². The zero-order valence-electron chi connectivity index (χ0n) is 10.4. The standard InChI is InChI=1S/C14H21NO.ClH/c1-11-3-2-4-12(9-11)14(10-15)7-5-13(16)6-8-14;/h2-4,9,13,16H,5-8,10,15H2,1H3;1H. The van der Waals surface area contributed by atoms with Gasteiger partial charge >= 0.3 is 0 Å². The van der Waals surface area contributed by atoms with Crippen LogP contribution >= 0.6 is 12.4 Å². The van der Waals surface area contributed by atoms with Crippen molar-refractivity contribution < 1.29 is 5.11 Å². The second kappa shape index (κ2) is 5.85. The summed E-state index contributed by atoms with van der Waals surface area (Å²) in [6.45, 7) is 2.80. The fourth-order valence-corrected chi connectivity index (χ4v) is 2.74. The van der Waals surface area contributed by atoms with E-state index in [0.29, 0.717) is 6.54 Å². The Balaban J connectivity index is 0.00000144. The molecule has 1 aromatic rings. The predicted octanol–water partition coefficient (Wildman–Crippen LogP) is 2.55. The molecule has 2 rings (SSSR count). The molecule has 0 atom stereocenters. The van der Waals surface area contributed by atoms with Crippen LogP contribution < -0.4 is 5.73 Å². The molecular weight excluding hydrogens is 234 g/mol. The second-order valence-corrected chi connectivity index (χ2v) is 5.09. The van der Waals surface area contributed by atoms with Crippen LogP contribution in [0.5, 0.6) is 0 Å². The first-order chi connectivity index (χ1) is 7.66. The van der Waals surface area contributed by atoms with Crippen molar-refractivity contribution in [2.45, 2.75) is 44.1 Å². The van der Waals surface area contributed by atoms with Gasteiger partial charge in [0.15, 0.2) is 0 Å². The summed E-state index contributed by atoms with van der Waals surface area (Å²) in [5.74, 6) is 0. The zero-order valence-corrected chi connectivity index (χ0v) is 11.2. The van der Waals surface area contributed by atoms with Crippen molar-refractivity contribution in [3.05, 3.63) is 35.4 Å². The summed E-state index contributed by atoms with van der Waals surface area (Å²) < 4.78 is 0. The van der Waals surface area contributed by atoms with E-state index in [4.69, 9.17) is 5.73 Å². The number of halogens is 1. The van der Waals surface area contributed by atoms with Gasteiger partial charge in [0.05, 0.1) is 6.10 Å². The maximum absolute atomic E-state index is 9.60. The lowest BCUT2D eigenvalue weighted by molar-refractivity contribution is 0.0974. The van der Waals surface area contributed by atoms with Crippen molar-refractivity contribution in [2.75, 3.05) is 6.54 Å². The molecule has 0 heterocycles. The normalized spacial score (nSPS) is 28.5. The third-order valence-electron chi connectivity index (χ3n) is 3.93. The lowest BCUT2D eigenvalue weighted by Crippen LogP contribution is -2.40. The van der Waals surface area contributed by atoms with Crippen molar-refractivity contribution in [1.29, 1.82) is 0 Å². The molecule has 0 aliphatic heterocycles. The molecule has 0 amide bonds. The topological polar surface area (TPSA) is 46.2 Å². The van der Waals surface area contributed by atoms with E-state index < -0.39 is 0 Å². The van der Waals surface area contributed by atoms with Gasteiger partial charge in [0, 0.05) is 12.0 Å². The number of benzene rings is 1. The highest BCUT2D eigenvalue weighted by Crippen LogP contribution is 2.38. The Labute approximate surface area is 110 Å². The van der Waals surface area contributed by atoms with Crippen molar-refractivity contribution in [3.8, 4) is 0 Å². The van der Waals surface area contributed by atoms with Gasteiger partial charge in [-0.25, -0.2) is 0 Å². The van der Waals surface area contributed by atoms with E-state index in [2.05, 4.69) is 31.2 Å². The van der Waals surface area contributed by atoms with Gasteiger partial charge < -0.3 is 10.8 Å². The summed E-state index contributed by atoms with van der Waals surface area (Å²) in [7, 11) is 0. The van der Waals surface area contributed by atoms with Gasteiger partial charge in [-0.15, -0.1) is 12.4 Å². The average molecular weight is 256 g/mol. The lowest BCUT2D eigenvalue weighted by Gasteiger charge is -2.38. The molecule has 1 aliphatic carbocycles. The Hall–Kier alpha value is -0.570. The summed E-state index contributed by atoms with van der Waals surface area (Å²) in [6, 6.07) is 8.64. The number of hydrogen-bond donors (Lipinski definition) is 2. The van der Waals surface area contributed by atoms with Crippen LogP contribution in [0.3, 0.4) is 0 Å². The molecule has 0 radical (unpaired) electrons. The maximum Gasteiger partial charge on any atom is 0.0541 e. The number of nitrogens with two attached hydrogens (primary N) is 1. The fraction of sp³-hybridized carbons (Fsp3) is 0.571. The maximum atomic E-state index is 9.60. The third kappa shape index (κ3) is 3.01. The fourth-order valence-electron chi connectivity index (χ4n) is 2.74. The SMILES string of the molecule is Cc1cccc(C2(CN)CCC(O)CC2)c1.Cl. The number of aliphatic hydroxyl groups is 1. The van der Waals surface area contributed by atoms with Crippen molar-refractivity contribution >= 4 is 12.4 Å². The molecule has 1 saturated carbocycles. The minimum atomic E-state index is -0.121. The molecule has 0 aromatic heterocycles. The van der Waals surface area contributed by atoms with E-state index in [0.717, 1.165) is 25.7 Å². The second-order valence-electron chi connectivity index (χ2n) is 5.09. The van der Waals surface area contributed by atoms with E-state index in [-0.39, 0.29) is 23.9 Å². The summed E-state index contributed by atoms with van der Waals surface area (Å²) in [5, 5.41) is 9.60. The zero-order chi connectivity index (χ0) is 11.6. The molecule has 96 valence electrons. The predicted molar refractivity (Wildman–Crippen MR) is 73.6 cm³/mol. The van der Waals surface area contributed by atoms with Crippen molar-refractivity contribution in [3.63, 3.8) is 0 Å². The Morgan fingerprint density at radius 3 is 2.53 bits per heavy atom. The number of aliphatic hydroxyl groups excluding tert-OH is 1. The summed E-state index contributed by atoms with van der Waals surface area (Å²) in [4.78, 5) is 0. The molecule has 2 nitrogen and oxygen atoms in total. The molecule has 17 heavy (non-hydrogen) atoms. The van der Waals surface area contributed by atoms with Crippen molar-refractivity contribution in [1.82, 2.24) is 0 Å². The molecule has 1 aliphatic rings. The van der Waals surface area contributed by atoms with Gasteiger partial charge in [-0.1, -0.05) is 29.8 Å². The quantitative estimate of drug-likeness (QED) is 0.853. The summed E-state index contributed by atoms with van der Waals surface area (Å²) in [6.07, 6.45) is 3.66. The van der Waals surface area contributed by atoms with Crippen LogP contribution in [0.2, 0.25) is 0 Å². The highest BCUT2D eigenvalue weighted by molar-refractivity contribution is 5.85. The van der Waals surface area contributed by atoms with E-state index >= 15 is 0 Å². The van der Waals surface area contributed by atoms with Crippen molar-refractivity contribution in [2.24, 2.45) is 5.73 Å². The molecule has 0 unspecified atom stereocenters. The van der Waals surface area contributed by atoms with E-state index in [1.165, 1.54) is 11.1 Å². The van der Waals surface area contributed by atoms with Crippen LogP contribution in [0.1, 0.15) is 36.8 Å². The third-order valence-corrected chi connectivity index (χ3v) is 3.93. The molecule has 1 fully saturated rings. The van der Waals surface area contributed by atoms with E-state index in [9.17, 15) is 5.11 Å². The molecule has 1 aromatic carbocycles. The Morgan fingerprint density at radius 1 is 1.35 bits per heavy atom. The molecule has 0 saturated heterocycles. The van der Waals surface area contributed by atoms with Crippen LogP contribution in [0.4, 0.5) is 0 Å². The van der Waals surface area contributed by atoms with Crippen LogP contribution in [0.25, 0.3) is 0 Å². The number of rotatable bonds is 2. The van der Waals surface area contributed by atoms with Crippen LogP contribution in [0, 0.1) is 6.92 Å². The highest BCUT2D eigenvalue weighted by atomic mass is 35.5. The van der Waals surface area contributed by atoms with Gasteiger partial charge in [0.2, 0.25) is 0 Å². The first kappa shape index (κ1) is 14.5. The largest absolute Gasteiger partial charge is 0.393 e. The Morgan fingerprint density at radius 2 is 2.00 bits per heavy atom. The van der Waals surface area contributed by atoms with Gasteiger partial charge in [0.1, 0.15) is 0 Å². The molecular formula is C14H22ClNO. The number of aryl methyl sites for hydroxylation is 1. The van der Waals surface area contributed by atoms with E-state index in [1.807, 2.05) is 0 Å². The van der Waals surface area contributed by atoms with Gasteiger partial charge in [-0.2, -0.15) is 0 Å². The van der Waals surface area contributed by atoms with Crippen LogP contribution in [0.15, 0.2) is 24.3 Å². The summed E-state index contributed by atoms with van der Waals surface area (Å²) >= 11 is 0. The number of hydrogen-bond acceptors (Lipinski definition) is 2. The summed E-state index contributed by atoms with van der Waals surface area (Å²) in [5.41, 5.74) is 8.72. The Bertz CT molecular complexity index is 359. The monoisotopic (exact) mass is 255 g/mol. The lowest BCUT2D eigenvalue weighted by atomic mass is 9.68. The highest BCUT2D eigenvalue weighted by Gasteiger charge is 2.35. The van der Waals surface area contributed by atoms with Gasteiger partial charge in [0.25, 0.3) is 0 Å². The Kier molecular flexibility index (Phi) is 4.99. The minimum Gasteiger partial charge on any atom is -0.393 e. The molecule has 3 heteroatoms. The minimum absolute atomic E-state index is 0. The average Bonchev–Trinajstić information content (AvgIpc) is 2.31. The van der Waals surface area contributed by atoms with Gasteiger partial charge in [-0.3, -0.25) is 0 Å². The molecule has 0 spiro atoms. The van der Waals surface area contributed by atoms with Gasteiger partial charge in [-0.05, 0) is 38.2 Å². The first-order valence-electron chi connectivity index (χ1n) is 6.11. The molecule has 3 N–H and O–H groups in total.